The summed E-state index contributed by atoms with van der Waals surface area (Å²) >= 11 is 0. The van der Waals surface area contributed by atoms with Gasteiger partial charge >= 0.3 is 23.8 Å². The molecule has 0 atom stereocenters. The molecule has 26 nitrogen and oxygen atoms in total. The van der Waals surface area contributed by atoms with E-state index < -0.39 is 83.1 Å². The number of esters is 2. The van der Waals surface area contributed by atoms with E-state index in [0.717, 1.165) is 66.1 Å². The first kappa shape index (κ1) is 93.7. The highest BCUT2D eigenvalue weighted by Crippen LogP contribution is 2.38. The third-order valence-electron chi connectivity index (χ3n) is 22.4. The Kier molecular flexibility index (Phi) is 33.1. The Labute approximate surface area is 721 Å². The van der Waals surface area contributed by atoms with Crippen molar-refractivity contribution in [3.8, 4) is 5.75 Å². The van der Waals surface area contributed by atoms with E-state index >= 15 is 0 Å². The van der Waals surface area contributed by atoms with E-state index in [9.17, 15) is 74.0 Å². The highest BCUT2D eigenvalue weighted by atomic mass is 32.2. The summed E-state index contributed by atoms with van der Waals surface area (Å²) in [6.45, 7) is 7.72. The van der Waals surface area contributed by atoms with Gasteiger partial charge in [0, 0.05) is 69.0 Å². The predicted octanol–water partition coefficient (Wildman–Crippen LogP) is 16.7. The third kappa shape index (κ3) is 25.8. The number of non-ortho nitro benzene ring substituents is 1. The number of aromatic carboxylic acids is 1. The molecule has 3 aliphatic carbocycles. The predicted molar refractivity (Wildman–Crippen MR) is 473 cm³/mol. The zero-order valence-electron chi connectivity index (χ0n) is 70.7. The number of anilines is 4. The minimum Gasteiger partial charge on any atom is -0.478 e. The number of rotatable bonds is 29. The van der Waals surface area contributed by atoms with Crippen molar-refractivity contribution in [1.82, 2.24) is 12.9 Å². The lowest BCUT2D eigenvalue weighted by Gasteiger charge is -2.27. The summed E-state index contributed by atoms with van der Waals surface area (Å²) in [4.78, 5) is 103. The number of carboxylic acids is 1. The number of carbonyl (C=O) groups excluding carboxylic acids is 6. The molecule has 0 radical (unpaired) electrons. The monoisotopic (exact) mass is 1730 g/mol. The molecule has 9 aromatic carbocycles. The number of nitrogens with zero attached hydrogens (tertiary/aromatic N) is 7. The van der Waals surface area contributed by atoms with Crippen LogP contribution >= 0.6 is 0 Å². The van der Waals surface area contributed by atoms with E-state index in [-0.39, 0.29) is 76.7 Å². The SMILES string of the molecule is CC(=O)Oc1cc(N(Cc2ccc(C3CCCCC3)cc2)C(=O)CN(C)S(=O)(=O)c2ccc(C)cc2)ccc1C(=O)O.CCOC(=O)C(=O)Nc1ccc(N(Cc2ccc(C3CCCCC3)cc2)C(=O)CN(C)S(=O)(=O)c2ccc(C)cc2)cc1.Cc1ccc(S(=O)(=O)N(C)CC(=O)N(Cc2ccc(C3CCCCC3)cc2)c2ccc([N+](=O)[O-])cc2)cc1. The lowest BCUT2D eigenvalue weighted by atomic mass is 9.84. The molecule has 0 saturated heterocycles. The minimum absolute atomic E-state index is 0.0659. The van der Waals surface area contributed by atoms with Crippen molar-refractivity contribution in [3.63, 3.8) is 0 Å². The first-order valence-electron chi connectivity index (χ1n) is 41.3. The molecule has 29 heteroatoms. The molecule has 0 unspecified atom stereocenters. The van der Waals surface area contributed by atoms with Crippen LogP contribution in [0.4, 0.5) is 28.4 Å². The minimum atomic E-state index is -3.96. The summed E-state index contributed by atoms with van der Waals surface area (Å²) in [6, 6.07) is 60.0. The molecule has 0 heterocycles. The molecule has 2 N–H and O–H groups in total. The van der Waals surface area contributed by atoms with Crippen molar-refractivity contribution < 1.29 is 78.3 Å². The van der Waals surface area contributed by atoms with E-state index in [1.165, 1.54) is 215 Å². The molecule has 4 amide bonds. The molecule has 3 aliphatic rings. The van der Waals surface area contributed by atoms with Gasteiger partial charge in [-0.05, 0) is 202 Å². The topological polar surface area (TPSA) is 335 Å². The number of nitro groups is 1. The summed E-state index contributed by atoms with van der Waals surface area (Å²) in [5.41, 5.74) is 10.5. The van der Waals surface area contributed by atoms with Gasteiger partial charge in [-0.15, -0.1) is 0 Å². The van der Waals surface area contributed by atoms with Crippen LogP contribution in [-0.4, -0.2) is 137 Å². The second-order valence-electron chi connectivity index (χ2n) is 31.5. The van der Waals surface area contributed by atoms with Crippen LogP contribution in [0.25, 0.3) is 0 Å². The number of amides is 4. The van der Waals surface area contributed by atoms with Gasteiger partial charge in [-0.3, -0.25) is 34.1 Å². The van der Waals surface area contributed by atoms with Crippen molar-refractivity contribution in [2.24, 2.45) is 0 Å². The van der Waals surface area contributed by atoms with Gasteiger partial charge in [0.05, 0.1) is 65.5 Å². The molecule has 12 rings (SSSR count). The van der Waals surface area contributed by atoms with E-state index in [1.807, 2.05) is 57.2 Å². The highest BCUT2D eigenvalue weighted by Gasteiger charge is 2.32. The number of carbonyl (C=O) groups is 7. The van der Waals surface area contributed by atoms with Crippen LogP contribution in [0.1, 0.15) is 188 Å². The van der Waals surface area contributed by atoms with Gasteiger partial charge in [-0.1, -0.05) is 184 Å². The molecule has 0 aromatic heterocycles. The Bertz CT molecular complexity index is 5510. The summed E-state index contributed by atoms with van der Waals surface area (Å²) < 4.78 is 92.0. The van der Waals surface area contributed by atoms with Crippen LogP contribution in [-0.2, 0) is 83.2 Å². The van der Waals surface area contributed by atoms with Crippen LogP contribution in [0.5, 0.6) is 5.75 Å². The van der Waals surface area contributed by atoms with Crippen molar-refractivity contribution >= 4 is 100 Å². The van der Waals surface area contributed by atoms with Gasteiger partial charge in [0.15, 0.2) is 0 Å². The van der Waals surface area contributed by atoms with Crippen molar-refractivity contribution in [2.75, 3.05) is 67.4 Å². The maximum absolute atomic E-state index is 13.8. The summed E-state index contributed by atoms with van der Waals surface area (Å²) in [7, 11) is -7.64. The Morgan fingerprint density at radius 3 is 1.04 bits per heavy atom. The first-order chi connectivity index (χ1) is 58.7. The van der Waals surface area contributed by atoms with Crippen LogP contribution in [0, 0.1) is 30.9 Å². The number of sulfonamides is 3. The van der Waals surface area contributed by atoms with Gasteiger partial charge in [0.2, 0.25) is 47.8 Å². The number of hydrogen-bond acceptors (Lipinski definition) is 17. The molecule has 0 spiro atoms. The summed E-state index contributed by atoms with van der Waals surface area (Å²) in [6.07, 6.45) is 18.3. The quantitative estimate of drug-likeness (QED) is 0.0145. The zero-order valence-corrected chi connectivity index (χ0v) is 73.2. The molecule has 3 fully saturated rings. The smallest absolute Gasteiger partial charge is 0.397 e. The van der Waals surface area contributed by atoms with Gasteiger partial charge < -0.3 is 34.6 Å². The lowest BCUT2D eigenvalue weighted by Crippen LogP contribution is -2.41. The standard InChI is InChI=1S/C33H39N3O6S.C32H36N2O7S.C29H33N3O5S/c1-4-42-33(39)32(38)34-28-16-18-29(19-17-28)36(22-25-12-14-27(15-13-25)26-8-6-5-7-9-26)31(37)23-35(3)43(40,41)30-20-10-24(2)11-21-30;1-22-9-16-28(17-10-22)42(39,40)33(3)21-31(36)34(27-15-18-29(32(37)38)30(19-27)41-23(2)35)20-24-11-13-26(14-12-24)25-7-5-4-6-8-25;1-22-8-18-28(19-9-22)38(36,37)30(2)21-29(33)31(26-14-16-27(17-15-26)32(34)35)20-23-10-12-25(13-11-23)24-6-4-3-5-7-24/h10-21,26H,4-9,22-23H2,1-3H3,(H,34,38);9-19,25H,4-8,20-21H2,1-3H3,(H,37,38);8-19,24H,3-7,20-21H2,1-2H3. The number of benzene rings is 9. The number of hydrogen-bond donors (Lipinski definition) is 2. The largest absolute Gasteiger partial charge is 0.478 e. The number of ether oxygens (including phenoxy) is 2. The molecular formula is C94H108N8O18S3. The van der Waals surface area contributed by atoms with Crippen molar-refractivity contribution in [1.29, 1.82) is 0 Å². The van der Waals surface area contributed by atoms with E-state index in [2.05, 4.69) is 41.7 Å². The van der Waals surface area contributed by atoms with Crippen LogP contribution in [0.2, 0.25) is 0 Å². The van der Waals surface area contributed by atoms with Gasteiger partial charge in [-0.2, -0.15) is 12.9 Å². The maximum Gasteiger partial charge on any atom is 0.397 e. The molecular weight excluding hydrogens is 1630 g/mol. The fourth-order valence-corrected chi connectivity index (χ4v) is 18.6. The van der Waals surface area contributed by atoms with E-state index in [1.54, 1.807) is 67.6 Å². The first-order valence-corrected chi connectivity index (χ1v) is 45.7. The third-order valence-corrected chi connectivity index (χ3v) is 27.8. The average molecular weight is 1730 g/mol. The Balaban J connectivity index is 0.000000194. The summed E-state index contributed by atoms with van der Waals surface area (Å²) in [5, 5.41) is 23.2. The Morgan fingerprint density at radius 1 is 0.431 bits per heavy atom. The average Bonchev–Trinajstić information content (AvgIpc) is 0.800. The van der Waals surface area contributed by atoms with Gasteiger partial charge in [-0.25, -0.2) is 34.8 Å². The molecule has 3 saturated carbocycles. The van der Waals surface area contributed by atoms with Crippen LogP contribution < -0.4 is 24.8 Å². The fraction of sp³-hybridized carbons (Fsp3) is 0.351. The Morgan fingerprint density at radius 2 is 0.740 bits per heavy atom. The van der Waals surface area contributed by atoms with Crippen LogP contribution in [0.3, 0.4) is 0 Å². The zero-order chi connectivity index (χ0) is 88.7. The van der Waals surface area contributed by atoms with Gasteiger partial charge in [0.1, 0.15) is 11.3 Å². The second-order valence-corrected chi connectivity index (χ2v) is 37.6. The number of nitro benzene ring substituents is 1. The fourth-order valence-electron chi connectivity index (χ4n) is 15.2. The Hall–Kier alpha value is -11.6. The number of aryl methyl sites for hydroxylation is 3. The van der Waals surface area contributed by atoms with Gasteiger partial charge in [0.25, 0.3) is 5.69 Å². The molecule has 123 heavy (non-hydrogen) atoms. The number of carboxylic acid groups (broad SMARTS) is 1. The van der Waals surface area contributed by atoms with E-state index in [0.29, 0.717) is 34.8 Å². The number of nitrogens with one attached hydrogen (secondary N) is 1. The maximum atomic E-state index is 13.8. The lowest BCUT2D eigenvalue weighted by molar-refractivity contribution is -0.384. The molecule has 0 aliphatic heterocycles. The number of likely N-dealkylation sites (N-methyl/N-ethyl adjacent to an activating group) is 3. The summed E-state index contributed by atoms with van der Waals surface area (Å²) in [5.74, 6) is -3.87. The van der Waals surface area contributed by atoms with E-state index in [4.69, 9.17) is 9.47 Å². The molecule has 0 bridgehead atoms. The molecule has 9 aromatic rings. The normalized spacial score (nSPS) is 14.1. The highest BCUT2D eigenvalue weighted by molar-refractivity contribution is 7.89. The molecule has 650 valence electrons. The van der Waals surface area contributed by atoms with Crippen molar-refractivity contribution in [3.05, 3.63) is 278 Å². The second kappa shape index (κ2) is 43.4. The van der Waals surface area contributed by atoms with Crippen molar-refractivity contribution in [2.45, 2.75) is 183 Å². The van der Waals surface area contributed by atoms with Crippen LogP contribution in [0.15, 0.2) is 227 Å².